The Labute approximate surface area is 86.2 Å². The number of nitrogens with two attached hydrogens (primary N) is 1. The van der Waals surface area contributed by atoms with E-state index in [9.17, 15) is 4.79 Å². The van der Waals surface area contributed by atoms with E-state index in [0.29, 0.717) is 5.69 Å². The van der Waals surface area contributed by atoms with Gasteiger partial charge in [-0.2, -0.15) is 0 Å². The standard InChI is InChI=1S/C10H11N3O2/c1-6-12-9(8(11)10(14)15)7-4-2-3-5-13(6)7/h2-5,8H,11H2,1H3,(H,14,15). The van der Waals surface area contributed by atoms with Crippen molar-refractivity contribution in [2.24, 2.45) is 5.73 Å². The van der Waals surface area contributed by atoms with E-state index in [0.717, 1.165) is 11.3 Å². The molecule has 5 heteroatoms. The van der Waals surface area contributed by atoms with Crippen molar-refractivity contribution in [1.82, 2.24) is 9.38 Å². The van der Waals surface area contributed by atoms with E-state index < -0.39 is 12.0 Å². The minimum Gasteiger partial charge on any atom is -0.480 e. The summed E-state index contributed by atoms with van der Waals surface area (Å²) in [5.74, 6) is -0.337. The Bertz CT molecular complexity index is 518. The summed E-state index contributed by atoms with van der Waals surface area (Å²) in [4.78, 5) is 14.9. The van der Waals surface area contributed by atoms with Crippen LogP contribution in [0.2, 0.25) is 0 Å². The highest BCUT2D eigenvalue weighted by molar-refractivity contribution is 5.78. The number of nitrogens with zero attached hydrogens (tertiary/aromatic N) is 2. The molecule has 3 N–H and O–H groups in total. The summed E-state index contributed by atoms with van der Waals surface area (Å²) in [6, 6.07) is 4.42. The van der Waals surface area contributed by atoms with Gasteiger partial charge in [0.25, 0.3) is 0 Å². The lowest BCUT2D eigenvalue weighted by atomic mass is 10.2. The average molecular weight is 205 g/mol. The molecule has 0 aliphatic heterocycles. The number of hydrogen-bond acceptors (Lipinski definition) is 3. The molecule has 0 saturated carbocycles. The van der Waals surface area contributed by atoms with E-state index in [1.165, 1.54) is 0 Å². The molecule has 0 spiro atoms. The highest BCUT2D eigenvalue weighted by Gasteiger charge is 2.20. The Morgan fingerprint density at radius 2 is 2.33 bits per heavy atom. The Morgan fingerprint density at radius 3 is 3.00 bits per heavy atom. The van der Waals surface area contributed by atoms with Crippen LogP contribution >= 0.6 is 0 Å². The molecule has 2 aromatic rings. The summed E-state index contributed by atoms with van der Waals surface area (Å²) >= 11 is 0. The Balaban J connectivity index is 2.67. The first-order valence-corrected chi connectivity index (χ1v) is 4.53. The quantitative estimate of drug-likeness (QED) is 0.757. The third-order valence-electron chi connectivity index (χ3n) is 2.31. The molecular weight excluding hydrogens is 194 g/mol. The molecule has 2 aromatic heterocycles. The molecule has 0 amide bonds. The summed E-state index contributed by atoms with van der Waals surface area (Å²) in [5.41, 5.74) is 6.69. The van der Waals surface area contributed by atoms with Gasteiger partial charge in [0.1, 0.15) is 11.9 Å². The predicted octanol–water partition coefficient (Wildman–Crippen LogP) is 0.727. The van der Waals surface area contributed by atoms with Crippen LogP contribution in [0.25, 0.3) is 5.52 Å². The second-order valence-corrected chi connectivity index (χ2v) is 3.32. The van der Waals surface area contributed by atoms with Crippen molar-refractivity contribution >= 4 is 11.5 Å². The number of carboxylic acids is 1. The van der Waals surface area contributed by atoms with Gasteiger partial charge in [0, 0.05) is 6.20 Å². The van der Waals surface area contributed by atoms with E-state index in [1.807, 2.05) is 29.7 Å². The Morgan fingerprint density at radius 1 is 1.60 bits per heavy atom. The van der Waals surface area contributed by atoms with E-state index in [2.05, 4.69) is 4.98 Å². The van der Waals surface area contributed by atoms with Gasteiger partial charge in [-0.15, -0.1) is 0 Å². The van der Waals surface area contributed by atoms with Gasteiger partial charge in [-0.05, 0) is 19.1 Å². The zero-order valence-electron chi connectivity index (χ0n) is 8.21. The van der Waals surface area contributed by atoms with Gasteiger partial charge in [-0.25, -0.2) is 4.98 Å². The molecule has 0 aromatic carbocycles. The number of aryl methyl sites for hydroxylation is 1. The fourth-order valence-corrected chi connectivity index (χ4v) is 1.57. The molecule has 0 aliphatic carbocycles. The van der Waals surface area contributed by atoms with Crippen molar-refractivity contribution < 1.29 is 9.90 Å². The van der Waals surface area contributed by atoms with Crippen LogP contribution in [-0.2, 0) is 4.79 Å². The number of rotatable bonds is 2. The molecule has 0 radical (unpaired) electrons. The molecule has 15 heavy (non-hydrogen) atoms. The number of hydrogen-bond donors (Lipinski definition) is 2. The van der Waals surface area contributed by atoms with Crippen molar-refractivity contribution in [1.29, 1.82) is 0 Å². The van der Waals surface area contributed by atoms with Gasteiger partial charge in [0.05, 0.1) is 11.2 Å². The van der Waals surface area contributed by atoms with Crippen molar-refractivity contribution in [3.05, 3.63) is 35.9 Å². The molecule has 5 nitrogen and oxygen atoms in total. The predicted molar refractivity (Wildman–Crippen MR) is 54.5 cm³/mol. The minimum absolute atomic E-state index is 0.403. The van der Waals surface area contributed by atoms with Crippen molar-refractivity contribution in [2.45, 2.75) is 13.0 Å². The van der Waals surface area contributed by atoms with Gasteiger partial charge < -0.3 is 15.2 Å². The molecule has 0 saturated heterocycles. The highest BCUT2D eigenvalue weighted by Crippen LogP contribution is 2.18. The first-order valence-electron chi connectivity index (χ1n) is 4.53. The smallest absolute Gasteiger partial charge is 0.326 e. The average Bonchev–Trinajstić information content (AvgIpc) is 2.56. The minimum atomic E-state index is -1.07. The fourth-order valence-electron chi connectivity index (χ4n) is 1.57. The third-order valence-corrected chi connectivity index (χ3v) is 2.31. The molecule has 0 bridgehead atoms. The number of carbonyl (C=O) groups is 1. The Hall–Kier alpha value is -1.88. The van der Waals surface area contributed by atoms with Gasteiger partial charge in [0.2, 0.25) is 0 Å². The van der Waals surface area contributed by atoms with Gasteiger partial charge in [-0.3, -0.25) is 4.79 Å². The van der Waals surface area contributed by atoms with Crippen LogP contribution in [0.3, 0.4) is 0 Å². The zero-order valence-corrected chi connectivity index (χ0v) is 8.21. The summed E-state index contributed by atoms with van der Waals surface area (Å²) in [6.07, 6.45) is 1.83. The van der Waals surface area contributed by atoms with E-state index in [-0.39, 0.29) is 0 Å². The number of aliphatic carboxylic acids is 1. The number of pyridine rings is 1. The largest absolute Gasteiger partial charge is 0.480 e. The van der Waals surface area contributed by atoms with Crippen LogP contribution in [0, 0.1) is 6.92 Å². The van der Waals surface area contributed by atoms with Crippen molar-refractivity contribution in [2.75, 3.05) is 0 Å². The summed E-state index contributed by atoms with van der Waals surface area (Å²) in [7, 11) is 0. The Kier molecular flexibility index (Phi) is 2.17. The normalized spacial score (nSPS) is 12.9. The lowest BCUT2D eigenvalue weighted by molar-refractivity contribution is -0.138. The first kappa shape index (κ1) is 9.67. The maximum Gasteiger partial charge on any atom is 0.326 e. The van der Waals surface area contributed by atoms with E-state index in [4.69, 9.17) is 10.8 Å². The van der Waals surface area contributed by atoms with Crippen LogP contribution in [0.15, 0.2) is 24.4 Å². The van der Waals surface area contributed by atoms with Gasteiger partial charge in [0.15, 0.2) is 0 Å². The van der Waals surface area contributed by atoms with Crippen LogP contribution < -0.4 is 5.73 Å². The lowest BCUT2D eigenvalue weighted by Gasteiger charge is -2.02. The molecule has 1 atom stereocenters. The molecule has 1 unspecified atom stereocenters. The van der Waals surface area contributed by atoms with Gasteiger partial charge >= 0.3 is 5.97 Å². The maximum absolute atomic E-state index is 10.8. The van der Waals surface area contributed by atoms with Crippen LogP contribution in [-0.4, -0.2) is 20.5 Å². The van der Waals surface area contributed by atoms with Crippen molar-refractivity contribution in [3.8, 4) is 0 Å². The topological polar surface area (TPSA) is 80.6 Å². The molecular formula is C10H11N3O2. The van der Waals surface area contributed by atoms with Crippen LogP contribution in [0.4, 0.5) is 0 Å². The van der Waals surface area contributed by atoms with Crippen LogP contribution in [0.5, 0.6) is 0 Å². The summed E-state index contributed by atoms with van der Waals surface area (Å²) in [6.45, 7) is 1.81. The van der Waals surface area contributed by atoms with Crippen LogP contribution in [0.1, 0.15) is 17.6 Å². The number of imidazole rings is 1. The third kappa shape index (κ3) is 1.46. The maximum atomic E-state index is 10.8. The SMILES string of the molecule is Cc1nc(C(N)C(=O)O)c2ccccn12. The fraction of sp³-hybridized carbons (Fsp3) is 0.200. The van der Waals surface area contributed by atoms with Crippen molar-refractivity contribution in [3.63, 3.8) is 0 Å². The number of carboxylic acid groups (broad SMARTS) is 1. The second kappa shape index (κ2) is 3.36. The molecule has 2 rings (SSSR count). The number of aromatic nitrogens is 2. The summed E-state index contributed by atoms with van der Waals surface area (Å²) in [5, 5.41) is 8.83. The molecule has 0 fully saturated rings. The first-order chi connectivity index (χ1) is 7.11. The second-order valence-electron chi connectivity index (χ2n) is 3.32. The number of fused-ring (bicyclic) bond motifs is 1. The molecule has 2 heterocycles. The molecule has 0 aliphatic rings. The lowest BCUT2D eigenvalue weighted by Crippen LogP contribution is -2.21. The monoisotopic (exact) mass is 205 g/mol. The molecule has 78 valence electrons. The van der Waals surface area contributed by atoms with Gasteiger partial charge in [-0.1, -0.05) is 6.07 Å². The van der Waals surface area contributed by atoms with E-state index in [1.54, 1.807) is 6.07 Å². The summed E-state index contributed by atoms with van der Waals surface area (Å²) < 4.78 is 1.82. The zero-order chi connectivity index (χ0) is 11.0. The van der Waals surface area contributed by atoms with E-state index >= 15 is 0 Å². The highest BCUT2D eigenvalue weighted by atomic mass is 16.4.